The van der Waals surface area contributed by atoms with Gasteiger partial charge < -0.3 is 24.4 Å². The van der Waals surface area contributed by atoms with Gasteiger partial charge in [0.2, 0.25) is 0 Å². The molecule has 1 saturated heterocycles. The summed E-state index contributed by atoms with van der Waals surface area (Å²) in [5.41, 5.74) is 0.0398. The fourth-order valence-corrected chi connectivity index (χ4v) is 3.02. The smallest absolute Gasteiger partial charge is 0.410 e. The summed E-state index contributed by atoms with van der Waals surface area (Å²) in [6.45, 7) is 8.33. The van der Waals surface area contributed by atoms with Gasteiger partial charge in [0.1, 0.15) is 18.8 Å². The molecule has 0 bridgehead atoms. The van der Waals surface area contributed by atoms with Crippen LogP contribution in [0.3, 0.4) is 0 Å². The summed E-state index contributed by atoms with van der Waals surface area (Å²) in [4.78, 5) is 26.2. The van der Waals surface area contributed by atoms with Crippen LogP contribution in [0.15, 0.2) is 18.2 Å². The third-order valence-electron chi connectivity index (χ3n) is 4.29. The first kappa shape index (κ1) is 18.4. The van der Waals surface area contributed by atoms with E-state index in [9.17, 15) is 9.59 Å². The van der Waals surface area contributed by atoms with Crippen LogP contribution in [0.4, 0.5) is 4.79 Å². The van der Waals surface area contributed by atoms with Crippen LogP contribution in [0.5, 0.6) is 11.5 Å². The van der Waals surface area contributed by atoms with Crippen LogP contribution in [-0.4, -0.2) is 55.3 Å². The normalized spacial score (nSPS) is 19.2. The van der Waals surface area contributed by atoms with Crippen molar-refractivity contribution in [1.82, 2.24) is 10.2 Å². The lowest BCUT2D eigenvalue weighted by molar-refractivity contribution is 0.0288. The van der Waals surface area contributed by atoms with E-state index in [-0.39, 0.29) is 17.9 Å². The molecular weight excluding hydrogens is 336 g/mol. The van der Waals surface area contributed by atoms with E-state index >= 15 is 0 Å². The molecule has 1 aromatic rings. The van der Waals surface area contributed by atoms with Crippen molar-refractivity contribution in [2.24, 2.45) is 5.92 Å². The molecule has 142 valence electrons. The molecule has 0 saturated carbocycles. The maximum Gasteiger partial charge on any atom is 0.410 e. The maximum atomic E-state index is 12.4. The lowest BCUT2D eigenvalue weighted by Crippen LogP contribution is -2.36. The van der Waals surface area contributed by atoms with E-state index in [4.69, 9.17) is 14.2 Å². The molecule has 2 heterocycles. The summed E-state index contributed by atoms with van der Waals surface area (Å²) >= 11 is 0. The highest BCUT2D eigenvalue weighted by atomic mass is 16.6. The fraction of sp³-hybridized carbons (Fsp3) is 0.579. The third-order valence-corrected chi connectivity index (χ3v) is 4.29. The molecular formula is C19H26N2O5. The zero-order valence-electron chi connectivity index (χ0n) is 15.5. The van der Waals surface area contributed by atoms with Crippen LogP contribution in [0, 0.1) is 5.92 Å². The van der Waals surface area contributed by atoms with Gasteiger partial charge in [0.05, 0.1) is 0 Å². The van der Waals surface area contributed by atoms with Crippen LogP contribution >= 0.6 is 0 Å². The van der Waals surface area contributed by atoms with E-state index in [1.165, 1.54) is 0 Å². The second kappa shape index (κ2) is 7.43. The van der Waals surface area contributed by atoms with Gasteiger partial charge in [-0.05, 0) is 51.3 Å². The number of rotatable bonds is 3. The number of ether oxygens (including phenoxy) is 3. The Kier molecular flexibility index (Phi) is 5.25. The topological polar surface area (TPSA) is 77.1 Å². The quantitative estimate of drug-likeness (QED) is 0.894. The van der Waals surface area contributed by atoms with E-state index in [0.717, 1.165) is 6.42 Å². The first-order valence-corrected chi connectivity index (χ1v) is 8.97. The lowest BCUT2D eigenvalue weighted by Gasteiger charge is -2.24. The SMILES string of the molecule is CC(C)(C)OC(=O)N1CCC(CNC(=O)c2ccc3c(c2)OCCO3)C1. The molecule has 2 aliphatic rings. The minimum absolute atomic E-state index is 0.155. The molecule has 1 unspecified atom stereocenters. The molecule has 1 aromatic carbocycles. The Balaban J connectivity index is 1.49. The first-order chi connectivity index (χ1) is 12.3. The van der Waals surface area contributed by atoms with E-state index < -0.39 is 5.60 Å². The molecule has 7 heteroatoms. The van der Waals surface area contributed by atoms with Gasteiger partial charge in [0.25, 0.3) is 5.91 Å². The number of nitrogens with zero attached hydrogens (tertiary/aromatic N) is 1. The number of fused-ring (bicyclic) bond motifs is 1. The van der Waals surface area contributed by atoms with Gasteiger partial charge in [0.15, 0.2) is 11.5 Å². The first-order valence-electron chi connectivity index (χ1n) is 8.97. The molecule has 2 amide bonds. The molecule has 1 atom stereocenters. The third kappa shape index (κ3) is 4.59. The molecule has 0 spiro atoms. The van der Waals surface area contributed by atoms with Crippen LogP contribution in [0.2, 0.25) is 0 Å². The van der Waals surface area contributed by atoms with Gasteiger partial charge >= 0.3 is 6.09 Å². The second-order valence-corrected chi connectivity index (χ2v) is 7.65. The molecule has 7 nitrogen and oxygen atoms in total. The Labute approximate surface area is 153 Å². The van der Waals surface area contributed by atoms with Gasteiger partial charge in [-0.2, -0.15) is 0 Å². The van der Waals surface area contributed by atoms with Crippen molar-refractivity contribution in [3.63, 3.8) is 0 Å². The van der Waals surface area contributed by atoms with Gasteiger partial charge in [-0.25, -0.2) is 4.79 Å². The molecule has 3 rings (SSSR count). The minimum atomic E-state index is -0.498. The van der Waals surface area contributed by atoms with E-state index in [0.29, 0.717) is 49.9 Å². The molecule has 0 radical (unpaired) electrons. The largest absolute Gasteiger partial charge is 0.486 e. The summed E-state index contributed by atoms with van der Waals surface area (Å²) in [5.74, 6) is 1.33. The Morgan fingerprint density at radius 1 is 1.23 bits per heavy atom. The van der Waals surface area contributed by atoms with Crippen molar-refractivity contribution >= 4 is 12.0 Å². The molecule has 1 N–H and O–H groups in total. The Hall–Kier alpha value is -2.44. The number of nitrogens with one attached hydrogen (secondary N) is 1. The number of likely N-dealkylation sites (tertiary alicyclic amines) is 1. The summed E-state index contributed by atoms with van der Waals surface area (Å²) in [6.07, 6.45) is 0.555. The molecule has 26 heavy (non-hydrogen) atoms. The average Bonchev–Trinajstić information content (AvgIpc) is 3.07. The Morgan fingerprint density at radius 2 is 1.96 bits per heavy atom. The zero-order valence-corrected chi connectivity index (χ0v) is 15.5. The standard InChI is InChI=1S/C19H26N2O5/c1-19(2,3)26-18(23)21-7-6-13(12-21)11-20-17(22)14-4-5-15-16(10-14)25-9-8-24-15/h4-5,10,13H,6-9,11-12H2,1-3H3,(H,20,22). The van der Waals surface area contributed by atoms with Crippen LogP contribution in [0.25, 0.3) is 0 Å². The van der Waals surface area contributed by atoms with Gasteiger partial charge in [-0.3, -0.25) is 4.79 Å². The number of hydrogen-bond acceptors (Lipinski definition) is 5. The summed E-state index contributed by atoms with van der Waals surface area (Å²) < 4.78 is 16.4. The minimum Gasteiger partial charge on any atom is -0.486 e. The number of hydrogen-bond donors (Lipinski definition) is 1. The van der Waals surface area contributed by atoms with E-state index in [1.807, 2.05) is 20.8 Å². The highest BCUT2D eigenvalue weighted by Crippen LogP contribution is 2.30. The maximum absolute atomic E-state index is 12.4. The number of carbonyl (C=O) groups excluding carboxylic acids is 2. The Bertz CT molecular complexity index is 683. The monoisotopic (exact) mass is 362 g/mol. The highest BCUT2D eigenvalue weighted by molar-refractivity contribution is 5.94. The Morgan fingerprint density at radius 3 is 2.69 bits per heavy atom. The fourth-order valence-electron chi connectivity index (χ4n) is 3.02. The van der Waals surface area contributed by atoms with Crippen molar-refractivity contribution < 1.29 is 23.8 Å². The van der Waals surface area contributed by atoms with Gasteiger partial charge in [-0.15, -0.1) is 0 Å². The lowest BCUT2D eigenvalue weighted by atomic mass is 10.1. The van der Waals surface area contributed by atoms with Crippen molar-refractivity contribution in [3.05, 3.63) is 23.8 Å². The summed E-state index contributed by atoms with van der Waals surface area (Å²) in [5, 5.41) is 2.94. The highest BCUT2D eigenvalue weighted by Gasteiger charge is 2.30. The van der Waals surface area contributed by atoms with E-state index in [1.54, 1.807) is 23.1 Å². The molecule has 0 aliphatic carbocycles. The van der Waals surface area contributed by atoms with Crippen LogP contribution in [-0.2, 0) is 4.74 Å². The van der Waals surface area contributed by atoms with E-state index in [2.05, 4.69) is 5.32 Å². The second-order valence-electron chi connectivity index (χ2n) is 7.65. The average molecular weight is 362 g/mol. The van der Waals surface area contributed by atoms with Crippen LogP contribution in [0.1, 0.15) is 37.6 Å². The van der Waals surface area contributed by atoms with Gasteiger partial charge in [0, 0.05) is 25.2 Å². The predicted octanol–water partition coefficient (Wildman–Crippen LogP) is 2.44. The van der Waals surface area contributed by atoms with Crippen molar-refractivity contribution in [2.45, 2.75) is 32.8 Å². The zero-order chi connectivity index (χ0) is 18.7. The molecule has 2 aliphatic heterocycles. The summed E-state index contributed by atoms with van der Waals surface area (Å²) in [7, 11) is 0. The predicted molar refractivity (Wildman–Crippen MR) is 95.7 cm³/mol. The summed E-state index contributed by atoms with van der Waals surface area (Å²) in [6, 6.07) is 5.18. The molecule has 0 aromatic heterocycles. The van der Waals surface area contributed by atoms with Crippen molar-refractivity contribution in [3.8, 4) is 11.5 Å². The number of benzene rings is 1. The molecule has 1 fully saturated rings. The van der Waals surface area contributed by atoms with Crippen LogP contribution < -0.4 is 14.8 Å². The number of amides is 2. The van der Waals surface area contributed by atoms with Crippen molar-refractivity contribution in [1.29, 1.82) is 0 Å². The van der Waals surface area contributed by atoms with Gasteiger partial charge in [-0.1, -0.05) is 0 Å². The number of carbonyl (C=O) groups is 2. The van der Waals surface area contributed by atoms with Crippen molar-refractivity contribution in [2.75, 3.05) is 32.8 Å².